The van der Waals surface area contributed by atoms with E-state index in [9.17, 15) is 10.1 Å². The predicted molar refractivity (Wildman–Crippen MR) is 83.1 cm³/mol. The quantitative estimate of drug-likeness (QED) is 0.800. The van der Waals surface area contributed by atoms with Gasteiger partial charge in [0.15, 0.2) is 0 Å². The van der Waals surface area contributed by atoms with Crippen molar-refractivity contribution in [1.29, 1.82) is 5.26 Å². The Balaban J connectivity index is 1.67. The van der Waals surface area contributed by atoms with Crippen molar-refractivity contribution in [2.45, 2.75) is 31.6 Å². The highest BCUT2D eigenvalue weighted by Crippen LogP contribution is 2.34. The first kappa shape index (κ1) is 14.8. The van der Waals surface area contributed by atoms with Crippen LogP contribution in [-0.2, 0) is 5.41 Å². The number of nitrogens with zero attached hydrogens (tertiary/aromatic N) is 4. The monoisotopic (exact) mass is 298 g/mol. The fourth-order valence-corrected chi connectivity index (χ4v) is 3.46. The highest BCUT2D eigenvalue weighted by Gasteiger charge is 2.40. The van der Waals surface area contributed by atoms with Crippen molar-refractivity contribution in [1.82, 2.24) is 14.8 Å². The molecule has 0 N–H and O–H groups in total. The molecule has 3 rings (SSSR count). The van der Waals surface area contributed by atoms with Gasteiger partial charge in [0, 0.05) is 32.4 Å². The summed E-state index contributed by atoms with van der Waals surface area (Å²) in [7, 11) is 0. The summed E-state index contributed by atoms with van der Waals surface area (Å²) < 4.78 is 0. The van der Waals surface area contributed by atoms with Crippen LogP contribution in [0.1, 0.15) is 31.9 Å². The van der Waals surface area contributed by atoms with Crippen molar-refractivity contribution < 1.29 is 4.79 Å². The Hall–Kier alpha value is -2.09. The number of likely N-dealkylation sites (tertiary alicyclic amines) is 2. The van der Waals surface area contributed by atoms with E-state index >= 15 is 0 Å². The maximum atomic E-state index is 12.5. The van der Waals surface area contributed by atoms with E-state index in [1.165, 1.54) is 0 Å². The number of carbonyl (C=O) groups excluding carboxylic acids is 1. The zero-order chi connectivity index (χ0) is 15.6. The normalized spacial score (nSPS) is 24.1. The maximum absolute atomic E-state index is 12.5. The molecule has 0 bridgehead atoms. The number of aromatic nitrogens is 1. The molecule has 1 aromatic rings. The van der Waals surface area contributed by atoms with Gasteiger partial charge < -0.3 is 9.80 Å². The first-order chi connectivity index (χ1) is 10.6. The fourth-order valence-electron chi connectivity index (χ4n) is 3.46. The third-order valence-electron chi connectivity index (χ3n) is 4.95. The van der Waals surface area contributed by atoms with Crippen LogP contribution in [0.2, 0.25) is 0 Å². The van der Waals surface area contributed by atoms with E-state index in [1.807, 2.05) is 28.0 Å². The summed E-state index contributed by atoms with van der Waals surface area (Å²) in [5.74, 6) is 0.598. The van der Waals surface area contributed by atoms with Gasteiger partial charge in [-0.15, -0.1) is 0 Å². The lowest BCUT2D eigenvalue weighted by Crippen LogP contribution is -2.49. The molecule has 0 spiro atoms. The molecule has 2 aliphatic rings. The SMILES string of the molecule is CC1CCN(C(=O)N2CCC(C#N)(c3ccccn3)CC2)C1. The predicted octanol–water partition coefficient (Wildman–Crippen LogP) is 2.40. The number of piperidine rings is 1. The molecule has 116 valence electrons. The zero-order valence-electron chi connectivity index (χ0n) is 13.0. The van der Waals surface area contributed by atoms with Crippen LogP contribution in [0.4, 0.5) is 4.79 Å². The maximum Gasteiger partial charge on any atom is 0.320 e. The van der Waals surface area contributed by atoms with E-state index < -0.39 is 5.41 Å². The zero-order valence-corrected chi connectivity index (χ0v) is 13.0. The van der Waals surface area contributed by atoms with Gasteiger partial charge in [-0.1, -0.05) is 13.0 Å². The largest absolute Gasteiger partial charge is 0.325 e. The Labute approximate surface area is 131 Å². The van der Waals surface area contributed by atoms with Crippen molar-refractivity contribution in [2.75, 3.05) is 26.2 Å². The van der Waals surface area contributed by atoms with Gasteiger partial charge in [0.2, 0.25) is 0 Å². The van der Waals surface area contributed by atoms with Gasteiger partial charge >= 0.3 is 6.03 Å². The van der Waals surface area contributed by atoms with Crippen LogP contribution in [0.25, 0.3) is 0 Å². The van der Waals surface area contributed by atoms with Gasteiger partial charge in [-0.3, -0.25) is 4.98 Å². The minimum Gasteiger partial charge on any atom is -0.325 e. The summed E-state index contributed by atoms with van der Waals surface area (Å²) in [6, 6.07) is 8.30. The summed E-state index contributed by atoms with van der Waals surface area (Å²) in [5, 5.41) is 9.66. The lowest BCUT2D eigenvalue weighted by molar-refractivity contribution is 0.139. The molecule has 0 aromatic carbocycles. The van der Waals surface area contributed by atoms with Gasteiger partial charge in [-0.2, -0.15) is 5.26 Å². The summed E-state index contributed by atoms with van der Waals surface area (Å²) in [6.45, 7) is 5.17. The lowest BCUT2D eigenvalue weighted by atomic mass is 9.76. The standard InChI is InChI=1S/C17H22N4O/c1-14-5-9-21(12-14)16(22)20-10-6-17(13-18,7-11-20)15-4-2-3-8-19-15/h2-4,8,14H,5-7,9-12H2,1H3. The molecule has 1 aromatic heterocycles. The molecular formula is C17H22N4O. The van der Waals surface area contributed by atoms with Crippen molar-refractivity contribution in [3.05, 3.63) is 30.1 Å². The second kappa shape index (κ2) is 5.96. The van der Waals surface area contributed by atoms with Crippen LogP contribution in [-0.4, -0.2) is 47.0 Å². The number of nitriles is 1. The highest BCUT2D eigenvalue weighted by atomic mass is 16.2. The van der Waals surface area contributed by atoms with Crippen LogP contribution in [0, 0.1) is 17.2 Å². The van der Waals surface area contributed by atoms with Gasteiger partial charge in [0.1, 0.15) is 5.41 Å². The molecule has 5 nitrogen and oxygen atoms in total. The minimum absolute atomic E-state index is 0.136. The Morgan fingerprint density at radius 1 is 1.32 bits per heavy atom. The Morgan fingerprint density at radius 3 is 2.64 bits per heavy atom. The van der Waals surface area contributed by atoms with Crippen LogP contribution in [0.15, 0.2) is 24.4 Å². The van der Waals surface area contributed by atoms with Crippen molar-refractivity contribution >= 4 is 6.03 Å². The summed E-state index contributed by atoms with van der Waals surface area (Å²) >= 11 is 0. The molecule has 2 fully saturated rings. The summed E-state index contributed by atoms with van der Waals surface area (Å²) in [5.41, 5.74) is 0.287. The molecule has 0 aliphatic carbocycles. The van der Waals surface area contributed by atoms with Gasteiger partial charge in [-0.05, 0) is 37.3 Å². The van der Waals surface area contributed by atoms with E-state index in [0.717, 1.165) is 25.2 Å². The molecule has 5 heteroatoms. The summed E-state index contributed by atoms with van der Waals surface area (Å²) in [6.07, 6.45) is 4.15. The third-order valence-corrected chi connectivity index (χ3v) is 4.95. The lowest BCUT2D eigenvalue weighted by Gasteiger charge is -2.38. The molecule has 2 saturated heterocycles. The number of pyridine rings is 1. The first-order valence-electron chi connectivity index (χ1n) is 8.01. The molecule has 0 radical (unpaired) electrons. The molecule has 1 atom stereocenters. The van der Waals surface area contributed by atoms with Crippen molar-refractivity contribution in [2.24, 2.45) is 5.92 Å². The van der Waals surface area contributed by atoms with Crippen molar-refractivity contribution in [3.63, 3.8) is 0 Å². The summed E-state index contributed by atoms with van der Waals surface area (Å²) in [4.78, 5) is 20.8. The van der Waals surface area contributed by atoms with E-state index in [2.05, 4.69) is 18.0 Å². The van der Waals surface area contributed by atoms with Gasteiger partial charge in [-0.25, -0.2) is 4.79 Å². The number of rotatable bonds is 1. The Bertz CT molecular complexity index is 572. The third kappa shape index (κ3) is 2.66. The second-order valence-electron chi connectivity index (χ2n) is 6.52. The molecule has 22 heavy (non-hydrogen) atoms. The number of hydrogen-bond acceptors (Lipinski definition) is 3. The van der Waals surface area contributed by atoms with E-state index in [1.54, 1.807) is 6.20 Å². The van der Waals surface area contributed by atoms with Crippen LogP contribution in [0.5, 0.6) is 0 Å². The molecule has 2 aliphatic heterocycles. The fraction of sp³-hybridized carbons (Fsp3) is 0.588. The Morgan fingerprint density at radius 2 is 2.09 bits per heavy atom. The number of amides is 2. The smallest absolute Gasteiger partial charge is 0.320 e. The molecular weight excluding hydrogens is 276 g/mol. The van der Waals surface area contributed by atoms with Crippen LogP contribution >= 0.6 is 0 Å². The number of hydrogen-bond donors (Lipinski definition) is 0. The highest BCUT2D eigenvalue weighted by molar-refractivity contribution is 5.75. The molecule has 3 heterocycles. The van der Waals surface area contributed by atoms with E-state index in [-0.39, 0.29) is 6.03 Å². The minimum atomic E-state index is -0.545. The van der Waals surface area contributed by atoms with Crippen LogP contribution in [0.3, 0.4) is 0 Å². The Kier molecular flexibility index (Phi) is 4.02. The number of urea groups is 1. The molecule has 2 amide bonds. The van der Waals surface area contributed by atoms with Gasteiger partial charge in [0.05, 0.1) is 11.8 Å². The number of carbonyl (C=O) groups is 1. The van der Waals surface area contributed by atoms with E-state index in [4.69, 9.17) is 0 Å². The van der Waals surface area contributed by atoms with Crippen molar-refractivity contribution in [3.8, 4) is 6.07 Å². The molecule has 1 unspecified atom stereocenters. The van der Waals surface area contributed by atoms with Crippen LogP contribution < -0.4 is 0 Å². The molecule has 0 saturated carbocycles. The topological polar surface area (TPSA) is 60.2 Å². The first-order valence-corrected chi connectivity index (χ1v) is 8.01. The van der Waals surface area contributed by atoms with E-state index in [0.29, 0.717) is 31.8 Å². The van der Waals surface area contributed by atoms with Gasteiger partial charge in [0.25, 0.3) is 0 Å². The average molecular weight is 298 g/mol. The second-order valence-corrected chi connectivity index (χ2v) is 6.52. The average Bonchev–Trinajstić information content (AvgIpc) is 3.01.